The third-order valence-electron chi connectivity index (χ3n) is 4.23. The van der Waals surface area contributed by atoms with Gasteiger partial charge in [0.2, 0.25) is 0 Å². The maximum Gasteiger partial charge on any atom is 0.392 e. The second kappa shape index (κ2) is 6.67. The summed E-state index contributed by atoms with van der Waals surface area (Å²) < 4.78 is 39.1. The largest absolute Gasteiger partial charge is 0.392 e. The van der Waals surface area contributed by atoms with Crippen LogP contribution in [0.25, 0.3) is 0 Å². The van der Waals surface area contributed by atoms with Gasteiger partial charge in [-0.3, -0.25) is 0 Å². The Morgan fingerprint density at radius 2 is 2.22 bits per heavy atom. The summed E-state index contributed by atoms with van der Waals surface area (Å²) in [5.41, 5.74) is -0.200. The molecule has 23 heavy (non-hydrogen) atoms. The monoisotopic (exact) mass is 349 g/mol. The Morgan fingerprint density at radius 1 is 1.52 bits per heavy atom. The van der Waals surface area contributed by atoms with E-state index in [1.165, 1.54) is 16.2 Å². The molecule has 2 amide bonds. The van der Waals surface area contributed by atoms with E-state index in [9.17, 15) is 18.0 Å². The average Bonchev–Trinajstić information content (AvgIpc) is 2.90. The number of carbonyl (C=O) groups is 1. The van der Waals surface area contributed by atoms with Crippen LogP contribution in [-0.2, 0) is 13.0 Å². The number of nitrogens with one attached hydrogen (secondary N) is 1. The highest BCUT2D eigenvalue weighted by atomic mass is 32.1. The van der Waals surface area contributed by atoms with Gasteiger partial charge in [-0.15, -0.1) is 11.3 Å². The van der Waals surface area contributed by atoms with Crippen LogP contribution in [0, 0.1) is 11.3 Å². The van der Waals surface area contributed by atoms with Gasteiger partial charge in [-0.25, -0.2) is 9.78 Å². The van der Waals surface area contributed by atoms with E-state index in [2.05, 4.69) is 10.3 Å². The minimum atomic E-state index is -4.22. The molecule has 0 spiro atoms. The number of nitrogens with zero attached hydrogens (tertiary/aromatic N) is 2. The van der Waals surface area contributed by atoms with Gasteiger partial charge < -0.3 is 10.2 Å². The number of carbonyl (C=O) groups excluding carboxylic acids is 1. The first kappa shape index (κ1) is 18.0. The zero-order valence-corrected chi connectivity index (χ0v) is 14.4. The van der Waals surface area contributed by atoms with E-state index in [-0.39, 0.29) is 25.5 Å². The molecule has 130 valence electrons. The number of amides is 2. The Labute approximate surface area is 138 Å². The Morgan fingerprint density at radius 3 is 2.74 bits per heavy atom. The van der Waals surface area contributed by atoms with Crippen molar-refractivity contribution >= 4 is 17.4 Å². The van der Waals surface area contributed by atoms with E-state index in [1.54, 1.807) is 13.8 Å². The van der Waals surface area contributed by atoms with Crippen LogP contribution >= 0.6 is 11.3 Å². The molecule has 1 atom stereocenters. The molecule has 0 aromatic carbocycles. The first-order valence-corrected chi connectivity index (χ1v) is 8.54. The van der Waals surface area contributed by atoms with Gasteiger partial charge in [-0.2, -0.15) is 13.2 Å². The Balaban J connectivity index is 1.91. The van der Waals surface area contributed by atoms with Gasteiger partial charge in [0.05, 0.1) is 23.2 Å². The van der Waals surface area contributed by atoms with Gasteiger partial charge in [0.15, 0.2) is 0 Å². The number of piperidine rings is 1. The van der Waals surface area contributed by atoms with Gasteiger partial charge in [0, 0.05) is 18.5 Å². The van der Waals surface area contributed by atoms with Gasteiger partial charge in [-0.1, -0.05) is 20.8 Å². The maximum absolute atomic E-state index is 13.0. The number of alkyl halides is 3. The number of urea groups is 1. The minimum Gasteiger partial charge on any atom is -0.332 e. The first-order valence-electron chi connectivity index (χ1n) is 7.66. The van der Waals surface area contributed by atoms with Crippen molar-refractivity contribution in [2.24, 2.45) is 11.3 Å². The summed E-state index contributed by atoms with van der Waals surface area (Å²) in [6, 6.07) is -0.329. The van der Waals surface area contributed by atoms with Crippen molar-refractivity contribution in [2.45, 2.75) is 46.3 Å². The highest BCUT2D eigenvalue weighted by Gasteiger charge is 2.51. The van der Waals surface area contributed by atoms with Crippen molar-refractivity contribution in [2.75, 3.05) is 13.1 Å². The SMILES string of the molecule is CCc1nc(CNC(=O)N2CC[C@@H](C(F)(F)F)C(C)(C)C2)cs1. The highest BCUT2D eigenvalue weighted by Crippen LogP contribution is 2.44. The Hall–Kier alpha value is -1.31. The van der Waals surface area contributed by atoms with Crippen LogP contribution in [0.2, 0.25) is 0 Å². The van der Waals surface area contributed by atoms with E-state index in [0.717, 1.165) is 17.1 Å². The van der Waals surface area contributed by atoms with Crippen LogP contribution in [0.1, 0.15) is 37.9 Å². The Kier molecular flexibility index (Phi) is 5.23. The fourth-order valence-corrected chi connectivity index (χ4v) is 3.75. The molecule has 8 heteroatoms. The summed E-state index contributed by atoms with van der Waals surface area (Å²) in [4.78, 5) is 18.0. The zero-order valence-electron chi connectivity index (χ0n) is 13.5. The van der Waals surface area contributed by atoms with Crippen LogP contribution in [0.5, 0.6) is 0 Å². The molecule has 4 nitrogen and oxygen atoms in total. The summed E-state index contributed by atoms with van der Waals surface area (Å²) in [5, 5.41) is 5.64. The van der Waals surface area contributed by atoms with Crippen molar-refractivity contribution in [3.05, 3.63) is 16.1 Å². The number of aromatic nitrogens is 1. The standard InChI is InChI=1S/C15H22F3N3OS/c1-4-12-20-10(8-23-12)7-19-13(22)21-6-5-11(15(16,17)18)14(2,3)9-21/h8,11H,4-7,9H2,1-3H3,(H,19,22)/t11-/m1/s1. The molecule has 0 bridgehead atoms. The van der Waals surface area contributed by atoms with E-state index in [1.807, 2.05) is 12.3 Å². The molecule has 1 saturated heterocycles. The lowest BCUT2D eigenvalue weighted by Gasteiger charge is -2.44. The molecule has 2 heterocycles. The van der Waals surface area contributed by atoms with E-state index in [4.69, 9.17) is 0 Å². The molecule has 1 fully saturated rings. The second-order valence-corrected chi connectivity index (χ2v) is 7.48. The van der Waals surface area contributed by atoms with E-state index in [0.29, 0.717) is 6.54 Å². The molecule has 1 aromatic heterocycles. The van der Waals surface area contributed by atoms with Crippen molar-refractivity contribution in [1.29, 1.82) is 0 Å². The van der Waals surface area contributed by atoms with Crippen molar-refractivity contribution < 1.29 is 18.0 Å². The van der Waals surface area contributed by atoms with Crippen molar-refractivity contribution in [3.8, 4) is 0 Å². The molecule has 0 unspecified atom stereocenters. The molecule has 1 aliphatic rings. The predicted octanol–water partition coefficient (Wildman–Crippen LogP) is 3.83. The van der Waals surface area contributed by atoms with Crippen LogP contribution in [0.3, 0.4) is 0 Å². The third kappa shape index (κ3) is 4.37. The van der Waals surface area contributed by atoms with Crippen molar-refractivity contribution in [1.82, 2.24) is 15.2 Å². The third-order valence-corrected chi connectivity index (χ3v) is 5.28. The fourth-order valence-electron chi connectivity index (χ4n) is 3.01. The lowest BCUT2D eigenvalue weighted by molar-refractivity contribution is -0.214. The normalized spacial score (nSPS) is 21.3. The minimum absolute atomic E-state index is 0.0550. The first-order chi connectivity index (χ1) is 10.6. The number of thiazole rings is 1. The van der Waals surface area contributed by atoms with Crippen LogP contribution in [0.4, 0.5) is 18.0 Å². The molecule has 0 saturated carbocycles. The smallest absolute Gasteiger partial charge is 0.332 e. The predicted molar refractivity (Wildman–Crippen MR) is 83.2 cm³/mol. The zero-order chi connectivity index (χ0) is 17.3. The maximum atomic E-state index is 13.0. The topological polar surface area (TPSA) is 45.2 Å². The van der Waals surface area contributed by atoms with Crippen LogP contribution in [0.15, 0.2) is 5.38 Å². The molecule has 1 aromatic rings. The molecular weight excluding hydrogens is 327 g/mol. The molecule has 0 aliphatic carbocycles. The van der Waals surface area contributed by atoms with Gasteiger partial charge in [0.25, 0.3) is 0 Å². The van der Waals surface area contributed by atoms with Crippen LogP contribution in [-0.4, -0.2) is 35.2 Å². The van der Waals surface area contributed by atoms with E-state index >= 15 is 0 Å². The number of hydrogen-bond acceptors (Lipinski definition) is 3. The summed E-state index contributed by atoms with van der Waals surface area (Å²) >= 11 is 1.54. The highest BCUT2D eigenvalue weighted by molar-refractivity contribution is 7.09. The summed E-state index contributed by atoms with van der Waals surface area (Å²) in [6.45, 7) is 5.66. The van der Waals surface area contributed by atoms with E-state index < -0.39 is 17.5 Å². The number of hydrogen-bond donors (Lipinski definition) is 1. The summed E-state index contributed by atoms with van der Waals surface area (Å²) in [6.07, 6.45) is -3.43. The summed E-state index contributed by atoms with van der Waals surface area (Å²) in [7, 11) is 0. The molecular formula is C15H22F3N3OS. The lowest BCUT2D eigenvalue weighted by atomic mass is 9.73. The van der Waals surface area contributed by atoms with Gasteiger partial charge in [-0.05, 0) is 18.3 Å². The quantitative estimate of drug-likeness (QED) is 0.901. The summed E-state index contributed by atoms with van der Waals surface area (Å²) in [5.74, 6) is -1.37. The average molecular weight is 349 g/mol. The lowest BCUT2D eigenvalue weighted by Crippen LogP contribution is -2.54. The molecule has 1 N–H and O–H groups in total. The second-order valence-electron chi connectivity index (χ2n) is 6.54. The van der Waals surface area contributed by atoms with Gasteiger partial charge in [0.1, 0.15) is 0 Å². The van der Waals surface area contributed by atoms with Gasteiger partial charge >= 0.3 is 12.2 Å². The fraction of sp³-hybridized carbons (Fsp3) is 0.733. The molecule has 0 radical (unpaired) electrons. The molecule has 1 aliphatic heterocycles. The molecule has 2 rings (SSSR count). The number of likely N-dealkylation sites (tertiary alicyclic amines) is 1. The number of halogens is 3. The number of rotatable bonds is 3. The number of aryl methyl sites for hydroxylation is 1. The Bertz CT molecular complexity index is 556. The van der Waals surface area contributed by atoms with Crippen LogP contribution < -0.4 is 5.32 Å². The van der Waals surface area contributed by atoms with Crippen molar-refractivity contribution in [3.63, 3.8) is 0 Å².